The lowest BCUT2D eigenvalue weighted by Gasteiger charge is -2.35. The van der Waals surface area contributed by atoms with E-state index in [1.54, 1.807) is 0 Å². The van der Waals surface area contributed by atoms with Crippen molar-refractivity contribution in [1.29, 1.82) is 0 Å². The van der Waals surface area contributed by atoms with Gasteiger partial charge in [-0.25, -0.2) is 0 Å². The fraction of sp³-hybridized carbons (Fsp3) is 0.333. The highest BCUT2D eigenvalue weighted by molar-refractivity contribution is 5.26. The van der Waals surface area contributed by atoms with Gasteiger partial charge in [-0.1, -0.05) is 48.5 Å². The highest BCUT2D eigenvalue weighted by Gasteiger charge is 2.38. The summed E-state index contributed by atoms with van der Waals surface area (Å²) in [6, 6.07) is 20.1. The fourth-order valence-corrected chi connectivity index (χ4v) is 2.70. The van der Waals surface area contributed by atoms with Crippen molar-refractivity contribution in [3.63, 3.8) is 0 Å². The third-order valence-corrected chi connectivity index (χ3v) is 3.69. The Morgan fingerprint density at radius 1 is 1.05 bits per heavy atom. The molecule has 1 aliphatic heterocycles. The van der Waals surface area contributed by atoms with Crippen molar-refractivity contribution in [2.75, 3.05) is 13.1 Å². The Kier molecular flexibility index (Phi) is 4.23. The summed E-state index contributed by atoms with van der Waals surface area (Å²) < 4.78 is 12.6. The van der Waals surface area contributed by atoms with Crippen LogP contribution >= 0.6 is 0 Å². The second kappa shape index (κ2) is 6.29. The highest BCUT2D eigenvalue weighted by atomic mass is 16.7. The molecule has 110 valence electrons. The molecule has 3 rings (SSSR count). The van der Waals surface area contributed by atoms with E-state index in [0.717, 1.165) is 30.8 Å². The maximum Gasteiger partial charge on any atom is 0.238 e. The van der Waals surface area contributed by atoms with E-state index in [4.69, 9.17) is 9.47 Å². The third kappa shape index (κ3) is 3.26. The average Bonchev–Trinajstić information content (AvgIpc) is 2.71. The molecule has 3 heteroatoms. The number of hydrogen-bond donors (Lipinski definition) is 1. The number of rotatable bonds is 3. The predicted octanol–water partition coefficient (Wildman–Crippen LogP) is 3.32. The molecule has 1 aliphatic rings. The number of benzene rings is 2. The normalized spacial score (nSPS) is 26.0. The largest absolute Gasteiger partial charge is 0.458 e. The Balaban J connectivity index is 1.97. The molecule has 21 heavy (non-hydrogen) atoms. The van der Waals surface area contributed by atoms with E-state index < -0.39 is 5.79 Å². The van der Waals surface area contributed by atoms with Crippen LogP contribution in [0.1, 0.15) is 18.9 Å². The van der Waals surface area contributed by atoms with Gasteiger partial charge in [-0.2, -0.15) is 0 Å². The topological polar surface area (TPSA) is 30.5 Å². The quantitative estimate of drug-likeness (QED) is 0.937. The molecule has 0 saturated carbocycles. The van der Waals surface area contributed by atoms with Gasteiger partial charge in [-0.15, -0.1) is 0 Å². The molecule has 2 aromatic rings. The van der Waals surface area contributed by atoms with Gasteiger partial charge in [0.1, 0.15) is 5.75 Å². The molecule has 2 unspecified atom stereocenters. The van der Waals surface area contributed by atoms with Crippen LogP contribution in [-0.2, 0) is 10.5 Å². The van der Waals surface area contributed by atoms with E-state index >= 15 is 0 Å². The van der Waals surface area contributed by atoms with Gasteiger partial charge in [0.15, 0.2) is 0 Å². The molecular formula is C18H21NO2. The van der Waals surface area contributed by atoms with E-state index in [0.29, 0.717) is 0 Å². The minimum absolute atomic E-state index is 0.0939. The Hall–Kier alpha value is -1.84. The smallest absolute Gasteiger partial charge is 0.238 e. The zero-order valence-electron chi connectivity index (χ0n) is 12.3. The minimum atomic E-state index is -0.731. The summed E-state index contributed by atoms with van der Waals surface area (Å²) in [5.74, 6) is 0.0985. The van der Waals surface area contributed by atoms with Gasteiger partial charge in [-0.3, -0.25) is 0 Å². The van der Waals surface area contributed by atoms with Crippen LogP contribution in [0, 0.1) is 0 Å². The highest BCUT2D eigenvalue weighted by Crippen LogP contribution is 2.34. The van der Waals surface area contributed by atoms with Crippen molar-refractivity contribution in [3.8, 4) is 5.75 Å². The van der Waals surface area contributed by atoms with Crippen LogP contribution in [0.2, 0.25) is 0 Å². The monoisotopic (exact) mass is 283 g/mol. The first-order chi connectivity index (χ1) is 10.3. The van der Waals surface area contributed by atoms with Crippen LogP contribution in [0.25, 0.3) is 0 Å². The Bertz CT molecular complexity index is 558. The molecule has 0 aliphatic carbocycles. The number of hydrogen-bond acceptors (Lipinski definition) is 3. The fourth-order valence-electron chi connectivity index (χ4n) is 2.70. The molecule has 0 radical (unpaired) electrons. The molecule has 0 bridgehead atoms. The number of nitrogens with one attached hydrogen (secondary N) is 1. The van der Waals surface area contributed by atoms with Gasteiger partial charge < -0.3 is 14.8 Å². The van der Waals surface area contributed by atoms with E-state index in [1.807, 2.05) is 48.5 Å². The van der Waals surface area contributed by atoms with Crippen LogP contribution in [0.4, 0.5) is 0 Å². The van der Waals surface area contributed by atoms with E-state index in [2.05, 4.69) is 24.4 Å². The first-order valence-corrected chi connectivity index (χ1v) is 7.47. The lowest BCUT2D eigenvalue weighted by atomic mass is 10.0. The average molecular weight is 283 g/mol. The minimum Gasteiger partial charge on any atom is -0.458 e. The predicted molar refractivity (Wildman–Crippen MR) is 83.2 cm³/mol. The summed E-state index contributed by atoms with van der Waals surface area (Å²) in [5.41, 5.74) is 1.06. The summed E-state index contributed by atoms with van der Waals surface area (Å²) in [7, 11) is 0. The molecule has 2 aromatic carbocycles. The summed E-state index contributed by atoms with van der Waals surface area (Å²) >= 11 is 0. The van der Waals surface area contributed by atoms with Gasteiger partial charge >= 0.3 is 0 Å². The SMILES string of the molecule is CC1CNCCC(Oc2ccccc2)(c2ccccc2)O1. The number of ether oxygens (including phenoxy) is 2. The standard InChI is InChI=1S/C18H21NO2/c1-15-14-19-13-12-18(20-15,16-8-4-2-5-9-16)21-17-10-6-3-7-11-17/h2-11,15,19H,12-14H2,1H3. The van der Waals surface area contributed by atoms with Crippen LogP contribution in [0.3, 0.4) is 0 Å². The van der Waals surface area contributed by atoms with Crippen molar-refractivity contribution in [2.45, 2.75) is 25.2 Å². The van der Waals surface area contributed by atoms with Gasteiger partial charge in [0, 0.05) is 25.1 Å². The lowest BCUT2D eigenvalue weighted by molar-refractivity contribution is -0.211. The van der Waals surface area contributed by atoms with E-state index in [9.17, 15) is 0 Å². The van der Waals surface area contributed by atoms with Crippen LogP contribution in [0.5, 0.6) is 5.75 Å². The first kappa shape index (κ1) is 14.1. The summed E-state index contributed by atoms with van der Waals surface area (Å²) in [6.45, 7) is 3.78. The first-order valence-electron chi connectivity index (χ1n) is 7.47. The van der Waals surface area contributed by atoms with Gasteiger partial charge in [0.2, 0.25) is 5.79 Å². The molecule has 0 spiro atoms. The second-order valence-electron chi connectivity index (χ2n) is 5.42. The van der Waals surface area contributed by atoms with Crippen molar-refractivity contribution < 1.29 is 9.47 Å². The van der Waals surface area contributed by atoms with Crippen molar-refractivity contribution >= 4 is 0 Å². The van der Waals surface area contributed by atoms with Crippen molar-refractivity contribution in [1.82, 2.24) is 5.32 Å². The lowest BCUT2D eigenvalue weighted by Crippen LogP contribution is -2.39. The maximum atomic E-state index is 6.32. The molecule has 3 nitrogen and oxygen atoms in total. The molecule has 0 aromatic heterocycles. The van der Waals surface area contributed by atoms with Crippen molar-refractivity contribution in [3.05, 3.63) is 66.2 Å². The molecule has 1 fully saturated rings. The third-order valence-electron chi connectivity index (χ3n) is 3.69. The Morgan fingerprint density at radius 2 is 1.71 bits per heavy atom. The Morgan fingerprint density at radius 3 is 2.43 bits per heavy atom. The zero-order valence-corrected chi connectivity index (χ0v) is 12.3. The molecule has 1 N–H and O–H groups in total. The van der Waals surface area contributed by atoms with Crippen LogP contribution in [0.15, 0.2) is 60.7 Å². The maximum absolute atomic E-state index is 6.32. The second-order valence-corrected chi connectivity index (χ2v) is 5.42. The van der Waals surface area contributed by atoms with Gasteiger partial charge in [0.05, 0.1) is 6.10 Å². The van der Waals surface area contributed by atoms with E-state index in [-0.39, 0.29) is 6.10 Å². The van der Waals surface area contributed by atoms with Crippen LogP contribution in [-0.4, -0.2) is 19.2 Å². The van der Waals surface area contributed by atoms with Crippen molar-refractivity contribution in [2.24, 2.45) is 0 Å². The molecule has 0 amide bonds. The zero-order chi connectivity index (χ0) is 14.5. The molecular weight excluding hydrogens is 262 g/mol. The van der Waals surface area contributed by atoms with E-state index in [1.165, 1.54) is 0 Å². The molecule has 1 saturated heterocycles. The number of para-hydroxylation sites is 1. The molecule has 1 heterocycles. The van der Waals surface area contributed by atoms with Gasteiger partial charge in [0.25, 0.3) is 0 Å². The summed E-state index contributed by atoms with van der Waals surface area (Å²) in [6.07, 6.45) is 0.868. The summed E-state index contributed by atoms with van der Waals surface area (Å²) in [5, 5.41) is 3.40. The van der Waals surface area contributed by atoms with Gasteiger partial charge in [-0.05, 0) is 19.1 Å². The summed E-state index contributed by atoms with van der Waals surface area (Å²) in [4.78, 5) is 0. The van der Waals surface area contributed by atoms with Crippen LogP contribution < -0.4 is 10.1 Å². The Labute approximate surface area is 125 Å². The molecule has 2 atom stereocenters.